The lowest BCUT2D eigenvalue weighted by molar-refractivity contribution is -0.137. The van der Waals surface area contributed by atoms with Crippen LogP contribution in [0.15, 0.2) is 12.2 Å². The first kappa shape index (κ1) is 22.1. The lowest BCUT2D eigenvalue weighted by atomic mass is 9.88. The minimum Gasteiger partial charge on any atom is -0.481 e. The number of aliphatic hydroxyl groups excluding tert-OH is 3. The fraction of sp³-hybridized carbons (Fsp3) is 0.850. The van der Waals surface area contributed by atoms with Crippen LogP contribution < -0.4 is 0 Å². The van der Waals surface area contributed by atoms with Gasteiger partial charge in [-0.15, -0.1) is 0 Å². The minimum absolute atomic E-state index is 0.0218. The predicted molar refractivity (Wildman–Crippen MR) is 98.2 cm³/mol. The van der Waals surface area contributed by atoms with Crippen LogP contribution in [0.3, 0.4) is 0 Å². The van der Waals surface area contributed by atoms with Crippen molar-refractivity contribution < 1.29 is 25.2 Å². The molecule has 5 atom stereocenters. The molecule has 0 aromatic rings. The summed E-state index contributed by atoms with van der Waals surface area (Å²) in [6.07, 6.45) is 11.0. The van der Waals surface area contributed by atoms with Gasteiger partial charge in [-0.2, -0.15) is 0 Å². The largest absolute Gasteiger partial charge is 0.481 e. The van der Waals surface area contributed by atoms with Gasteiger partial charge in [-0.05, 0) is 25.2 Å². The highest BCUT2D eigenvalue weighted by atomic mass is 16.4. The molecule has 5 nitrogen and oxygen atoms in total. The minimum atomic E-state index is -0.753. The van der Waals surface area contributed by atoms with Crippen molar-refractivity contribution in [2.45, 2.75) is 95.9 Å². The first-order valence-corrected chi connectivity index (χ1v) is 9.90. The first-order valence-electron chi connectivity index (χ1n) is 9.90. The van der Waals surface area contributed by atoms with Crippen LogP contribution in [0, 0.1) is 11.8 Å². The van der Waals surface area contributed by atoms with Crippen LogP contribution in [0.1, 0.15) is 77.6 Å². The molecular weight excluding hydrogens is 320 g/mol. The molecule has 1 saturated carbocycles. The quantitative estimate of drug-likeness (QED) is 0.300. The van der Waals surface area contributed by atoms with Crippen molar-refractivity contribution in [2.24, 2.45) is 11.8 Å². The van der Waals surface area contributed by atoms with E-state index in [0.717, 1.165) is 51.4 Å². The van der Waals surface area contributed by atoms with Crippen LogP contribution in [0.25, 0.3) is 0 Å². The smallest absolute Gasteiger partial charge is 0.303 e. The monoisotopic (exact) mass is 356 g/mol. The Balaban J connectivity index is 2.38. The Kier molecular flexibility index (Phi) is 11.0. The predicted octanol–water partition coefficient (Wildman–Crippen LogP) is 3.27. The number of carboxylic acids is 1. The van der Waals surface area contributed by atoms with Crippen molar-refractivity contribution in [3.63, 3.8) is 0 Å². The van der Waals surface area contributed by atoms with E-state index in [9.17, 15) is 20.1 Å². The van der Waals surface area contributed by atoms with E-state index in [1.54, 1.807) is 6.08 Å². The Labute approximate surface area is 151 Å². The number of aliphatic carboxylic acids is 1. The molecule has 0 unspecified atom stereocenters. The van der Waals surface area contributed by atoms with Gasteiger partial charge < -0.3 is 20.4 Å². The van der Waals surface area contributed by atoms with E-state index in [0.29, 0.717) is 12.8 Å². The lowest BCUT2D eigenvalue weighted by Crippen LogP contribution is -2.21. The molecular formula is C20H36O5. The summed E-state index contributed by atoms with van der Waals surface area (Å²) in [6.45, 7) is 2.13. The molecule has 1 aliphatic carbocycles. The van der Waals surface area contributed by atoms with Crippen molar-refractivity contribution >= 4 is 5.97 Å². The van der Waals surface area contributed by atoms with E-state index in [-0.39, 0.29) is 18.3 Å². The van der Waals surface area contributed by atoms with Crippen molar-refractivity contribution in [1.82, 2.24) is 0 Å². The van der Waals surface area contributed by atoms with Crippen LogP contribution in [0.5, 0.6) is 0 Å². The zero-order valence-corrected chi connectivity index (χ0v) is 15.5. The fourth-order valence-corrected chi connectivity index (χ4v) is 3.74. The van der Waals surface area contributed by atoms with E-state index < -0.39 is 24.3 Å². The number of aliphatic hydroxyl groups is 3. The molecule has 25 heavy (non-hydrogen) atoms. The number of hydrogen-bond donors (Lipinski definition) is 4. The summed E-state index contributed by atoms with van der Waals surface area (Å²) in [7, 11) is 0. The van der Waals surface area contributed by atoms with Crippen LogP contribution in [0.2, 0.25) is 0 Å². The second kappa shape index (κ2) is 12.4. The van der Waals surface area contributed by atoms with Crippen LogP contribution >= 0.6 is 0 Å². The van der Waals surface area contributed by atoms with Gasteiger partial charge in [-0.1, -0.05) is 57.6 Å². The maximum atomic E-state index is 10.5. The normalized spacial score (nSPS) is 27.8. The first-order chi connectivity index (χ1) is 12.0. The van der Waals surface area contributed by atoms with Crippen molar-refractivity contribution in [3.8, 4) is 0 Å². The highest BCUT2D eigenvalue weighted by molar-refractivity contribution is 5.66. The van der Waals surface area contributed by atoms with Gasteiger partial charge in [0.25, 0.3) is 0 Å². The van der Waals surface area contributed by atoms with Gasteiger partial charge in [0.15, 0.2) is 0 Å². The molecule has 5 heteroatoms. The molecule has 0 amide bonds. The molecule has 1 fully saturated rings. The van der Waals surface area contributed by atoms with Gasteiger partial charge in [0.1, 0.15) is 0 Å². The van der Waals surface area contributed by atoms with Crippen molar-refractivity contribution in [1.29, 1.82) is 0 Å². The van der Waals surface area contributed by atoms with Gasteiger partial charge in [0.2, 0.25) is 0 Å². The third-order valence-electron chi connectivity index (χ3n) is 5.25. The molecule has 0 heterocycles. The van der Waals surface area contributed by atoms with Crippen LogP contribution in [-0.4, -0.2) is 44.7 Å². The summed E-state index contributed by atoms with van der Waals surface area (Å²) < 4.78 is 0. The van der Waals surface area contributed by atoms with Crippen molar-refractivity contribution in [2.75, 3.05) is 0 Å². The highest BCUT2D eigenvalue weighted by Gasteiger charge is 2.39. The average Bonchev–Trinajstić information content (AvgIpc) is 2.82. The van der Waals surface area contributed by atoms with Crippen molar-refractivity contribution in [3.05, 3.63) is 12.2 Å². The second-order valence-electron chi connectivity index (χ2n) is 7.41. The maximum absolute atomic E-state index is 10.5. The Morgan fingerprint density at radius 1 is 1.08 bits per heavy atom. The van der Waals surface area contributed by atoms with Crippen LogP contribution in [0.4, 0.5) is 0 Å². The maximum Gasteiger partial charge on any atom is 0.303 e. The molecule has 0 aliphatic heterocycles. The number of hydrogen-bond acceptors (Lipinski definition) is 4. The molecule has 146 valence electrons. The standard InChI is InChI=1S/C20H36O5/c1-2-3-6-9-15(21)12-13-17-16(18(22)14-19(17)23)10-7-4-5-8-11-20(24)25/h12-13,15-19,21-23H,2-11,14H2,1H3,(H,24,25)/b13-12-/t15-,16+,17+,18-,19+/m0/s1. The van der Waals surface area contributed by atoms with E-state index in [1.807, 2.05) is 6.08 Å². The van der Waals surface area contributed by atoms with Gasteiger partial charge >= 0.3 is 5.97 Å². The average molecular weight is 357 g/mol. The summed E-state index contributed by atoms with van der Waals surface area (Å²) in [4.78, 5) is 10.5. The molecule has 0 aromatic heterocycles. The SMILES string of the molecule is CCCCC[C@H](O)/C=C\[C@@H]1[C@@H](CCCCCCC(=O)O)[C@@H](O)C[C@H]1O. The molecule has 0 saturated heterocycles. The fourth-order valence-electron chi connectivity index (χ4n) is 3.74. The van der Waals surface area contributed by atoms with E-state index in [2.05, 4.69) is 6.92 Å². The van der Waals surface area contributed by atoms with Gasteiger partial charge in [-0.3, -0.25) is 4.79 Å². The molecule has 1 aliphatic rings. The molecule has 0 aromatic carbocycles. The third kappa shape index (κ3) is 8.84. The van der Waals surface area contributed by atoms with E-state index in [1.165, 1.54) is 0 Å². The van der Waals surface area contributed by atoms with Gasteiger partial charge in [0, 0.05) is 18.8 Å². The Hall–Kier alpha value is -0.910. The van der Waals surface area contributed by atoms with Gasteiger partial charge in [-0.25, -0.2) is 0 Å². The number of unbranched alkanes of at least 4 members (excludes halogenated alkanes) is 5. The zero-order valence-electron chi connectivity index (χ0n) is 15.5. The molecule has 1 rings (SSSR count). The topological polar surface area (TPSA) is 98.0 Å². The van der Waals surface area contributed by atoms with E-state index >= 15 is 0 Å². The highest BCUT2D eigenvalue weighted by Crippen LogP contribution is 2.37. The van der Waals surface area contributed by atoms with Crippen LogP contribution in [-0.2, 0) is 4.79 Å². The molecule has 0 spiro atoms. The Morgan fingerprint density at radius 3 is 2.48 bits per heavy atom. The third-order valence-corrected chi connectivity index (χ3v) is 5.25. The summed E-state index contributed by atoms with van der Waals surface area (Å²) in [5.41, 5.74) is 0. The second-order valence-corrected chi connectivity index (χ2v) is 7.41. The Morgan fingerprint density at radius 2 is 1.80 bits per heavy atom. The number of rotatable bonds is 13. The summed E-state index contributed by atoms with van der Waals surface area (Å²) in [5.74, 6) is -0.833. The summed E-state index contributed by atoms with van der Waals surface area (Å²) in [6, 6.07) is 0. The van der Waals surface area contributed by atoms with E-state index in [4.69, 9.17) is 5.11 Å². The summed E-state index contributed by atoms with van der Waals surface area (Å²) in [5, 5.41) is 39.0. The lowest BCUT2D eigenvalue weighted by Gasteiger charge is -2.21. The number of carboxylic acid groups (broad SMARTS) is 1. The Bertz CT molecular complexity index is 396. The molecule has 0 bridgehead atoms. The molecule has 0 radical (unpaired) electrons. The van der Waals surface area contributed by atoms with Gasteiger partial charge in [0.05, 0.1) is 18.3 Å². The number of carbonyl (C=O) groups is 1. The summed E-state index contributed by atoms with van der Waals surface area (Å²) >= 11 is 0. The zero-order chi connectivity index (χ0) is 18.7. The molecule has 4 N–H and O–H groups in total.